The minimum absolute atomic E-state index is 0.0484. The fourth-order valence-electron chi connectivity index (χ4n) is 1.80. The fourth-order valence-corrected chi connectivity index (χ4v) is 2.20. The highest BCUT2D eigenvalue weighted by atomic mass is 35.5. The van der Waals surface area contributed by atoms with Crippen molar-refractivity contribution in [2.24, 2.45) is 0 Å². The molecule has 1 amide bonds. The van der Waals surface area contributed by atoms with E-state index in [1.807, 2.05) is 0 Å². The molecule has 0 saturated carbocycles. The molecule has 2 rings (SSSR count). The van der Waals surface area contributed by atoms with Crippen molar-refractivity contribution in [1.29, 1.82) is 0 Å². The molecule has 0 aliphatic carbocycles. The third-order valence-corrected chi connectivity index (χ3v) is 3.53. The van der Waals surface area contributed by atoms with Crippen molar-refractivity contribution in [2.45, 2.75) is 19.6 Å². The zero-order valence-corrected chi connectivity index (χ0v) is 13.9. The van der Waals surface area contributed by atoms with Crippen LogP contribution in [-0.4, -0.2) is 18.6 Å². The Morgan fingerprint density at radius 1 is 1.04 bits per heavy atom. The Morgan fingerprint density at radius 3 is 2.33 bits per heavy atom. The van der Waals surface area contributed by atoms with Gasteiger partial charge in [-0.05, 0) is 37.3 Å². The first-order valence-corrected chi connectivity index (χ1v) is 7.59. The first-order chi connectivity index (χ1) is 11.4. The largest absolute Gasteiger partial charge is 0.479 e. The molecule has 1 N–H and O–H groups in total. The lowest BCUT2D eigenvalue weighted by atomic mass is 10.2. The standard InChI is InChI=1S/C16H13Cl2F2NO3/c1-9(23-13-5-3-2-4-11(13)17)15(22)21-10-6-7-14(12(18)8-10)24-16(19)20/h2-9,16H,1H3,(H,21,22). The van der Waals surface area contributed by atoms with Gasteiger partial charge in [-0.15, -0.1) is 0 Å². The maximum absolute atomic E-state index is 12.2. The molecule has 24 heavy (non-hydrogen) atoms. The molecule has 0 fully saturated rings. The zero-order valence-electron chi connectivity index (χ0n) is 12.4. The summed E-state index contributed by atoms with van der Waals surface area (Å²) in [7, 11) is 0. The number of hydrogen-bond acceptors (Lipinski definition) is 3. The van der Waals surface area contributed by atoms with Crippen LogP contribution in [0, 0.1) is 0 Å². The third-order valence-electron chi connectivity index (χ3n) is 2.93. The summed E-state index contributed by atoms with van der Waals surface area (Å²) in [5.74, 6) is -0.251. The summed E-state index contributed by atoms with van der Waals surface area (Å²) in [5.41, 5.74) is 0.321. The van der Waals surface area contributed by atoms with Crippen LogP contribution in [0.3, 0.4) is 0 Å². The molecule has 0 bridgehead atoms. The van der Waals surface area contributed by atoms with Gasteiger partial charge in [0.05, 0.1) is 10.0 Å². The lowest BCUT2D eigenvalue weighted by Gasteiger charge is -2.16. The Kier molecular flexibility index (Phi) is 6.23. The van der Waals surface area contributed by atoms with Crippen LogP contribution in [0.5, 0.6) is 11.5 Å². The van der Waals surface area contributed by atoms with Crippen molar-refractivity contribution in [3.63, 3.8) is 0 Å². The maximum Gasteiger partial charge on any atom is 0.387 e. The average Bonchev–Trinajstić information content (AvgIpc) is 2.52. The van der Waals surface area contributed by atoms with Gasteiger partial charge in [0.15, 0.2) is 6.10 Å². The van der Waals surface area contributed by atoms with E-state index < -0.39 is 18.6 Å². The predicted molar refractivity (Wildman–Crippen MR) is 88.3 cm³/mol. The van der Waals surface area contributed by atoms with E-state index in [0.717, 1.165) is 0 Å². The van der Waals surface area contributed by atoms with Gasteiger partial charge < -0.3 is 14.8 Å². The summed E-state index contributed by atoms with van der Waals surface area (Å²) in [6.45, 7) is -1.43. The van der Waals surface area contributed by atoms with Crippen molar-refractivity contribution in [1.82, 2.24) is 0 Å². The summed E-state index contributed by atoms with van der Waals surface area (Å²) < 4.78 is 34.1. The number of halogens is 4. The summed E-state index contributed by atoms with van der Waals surface area (Å²) in [6, 6.07) is 10.7. The first-order valence-electron chi connectivity index (χ1n) is 6.83. The molecule has 128 valence electrons. The molecular formula is C16H13Cl2F2NO3. The second kappa shape index (κ2) is 8.17. The summed E-state index contributed by atoms with van der Waals surface area (Å²) in [4.78, 5) is 12.1. The summed E-state index contributed by atoms with van der Waals surface area (Å²) >= 11 is 11.8. The van der Waals surface area contributed by atoms with Crippen molar-refractivity contribution >= 4 is 34.8 Å². The van der Waals surface area contributed by atoms with E-state index >= 15 is 0 Å². The van der Waals surface area contributed by atoms with E-state index in [1.165, 1.54) is 18.2 Å². The van der Waals surface area contributed by atoms with Crippen LogP contribution in [0.4, 0.5) is 14.5 Å². The highest BCUT2D eigenvalue weighted by Gasteiger charge is 2.17. The van der Waals surface area contributed by atoms with Crippen LogP contribution >= 0.6 is 23.2 Å². The van der Waals surface area contributed by atoms with Gasteiger partial charge in [-0.3, -0.25) is 4.79 Å². The number of para-hydroxylation sites is 1. The van der Waals surface area contributed by atoms with Crippen LogP contribution < -0.4 is 14.8 Å². The van der Waals surface area contributed by atoms with Crippen molar-refractivity contribution in [3.05, 3.63) is 52.5 Å². The van der Waals surface area contributed by atoms with Crippen LogP contribution in [0.15, 0.2) is 42.5 Å². The lowest BCUT2D eigenvalue weighted by molar-refractivity contribution is -0.122. The van der Waals surface area contributed by atoms with Crippen molar-refractivity contribution < 1.29 is 23.0 Å². The number of nitrogens with one attached hydrogen (secondary N) is 1. The van der Waals surface area contributed by atoms with Crippen LogP contribution in [0.25, 0.3) is 0 Å². The fraction of sp³-hybridized carbons (Fsp3) is 0.188. The Bertz CT molecular complexity index is 728. The monoisotopic (exact) mass is 375 g/mol. The van der Waals surface area contributed by atoms with E-state index in [-0.39, 0.29) is 10.8 Å². The molecule has 1 unspecified atom stereocenters. The molecule has 0 heterocycles. The Morgan fingerprint density at radius 2 is 1.71 bits per heavy atom. The predicted octanol–water partition coefficient (Wildman–Crippen LogP) is 5.00. The number of alkyl halides is 2. The van der Waals surface area contributed by atoms with Gasteiger partial charge in [0, 0.05) is 5.69 Å². The number of anilines is 1. The number of amides is 1. The minimum atomic E-state index is -2.98. The van der Waals surface area contributed by atoms with Crippen LogP contribution in [0.1, 0.15) is 6.92 Å². The third kappa shape index (κ3) is 4.97. The molecule has 8 heteroatoms. The molecule has 2 aromatic carbocycles. The molecule has 4 nitrogen and oxygen atoms in total. The van der Waals surface area contributed by atoms with E-state index in [9.17, 15) is 13.6 Å². The highest BCUT2D eigenvalue weighted by Crippen LogP contribution is 2.29. The number of rotatable bonds is 6. The number of carbonyl (C=O) groups excluding carboxylic acids is 1. The minimum Gasteiger partial charge on any atom is -0.479 e. The molecule has 0 aliphatic heterocycles. The number of hydrogen-bond donors (Lipinski definition) is 1. The lowest BCUT2D eigenvalue weighted by Crippen LogP contribution is -2.30. The van der Waals surface area contributed by atoms with Gasteiger partial charge in [0.1, 0.15) is 11.5 Å². The molecule has 0 saturated heterocycles. The quantitative estimate of drug-likeness (QED) is 0.772. The van der Waals surface area contributed by atoms with Gasteiger partial charge in [-0.25, -0.2) is 0 Å². The van der Waals surface area contributed by atoms with E-state index in [4.69, 9.17) is 27.9 Å². The molecule has 0 spiro atoms. The van der Waals surface area contributed by atoms with Gasteiger partial charge >= 0.3 is 6.61 Å². The summed E-state index contributed by atoms with van der Waals surface area (Å²) in [5, 5.41) is 2.90. The summed E-state index contributed by atoms with van der Waals surface area (Å²) in [6.07, 6.45) is -0.833. The Hall–Kier alpha value is -2.05. The molecular weight excluding hydrogens is 363 g/mol. The second-order valence-electron chi connectivity index (χ2n) is 4.70. The van der Waals surface area contributed by atoms with Crippen LogP contribution in [-0.2, 0) is 4.79 Å². The normalized spacial score (nSPS) is 11.9. The SMILES string of the molecule is CC(Oc1ccccc1Cl)C(=O)Nc1ccc(OC(F)F)c(Cl)c1. The molecule has 1 atom stereocenters. The smallest absolute Gasteiger partial charge is 0.387 e. The molecule has 2 aromatic rings. The van der Waals surface area contributed by atoms with Gasteiger partial charge in [0.25, 0.3) is 5.91 Å². The van der Waals surface area contributed by atoms with E-state index in [2.05, 4.69) is 10.1 Å². The van der Waals surface area contributed by atoms with Crippen LogP contribution in [0.2, 0.25) is 10.0 Å². The van der Waals surface area contributed by atoms with E-state index in [1.54, 1.807) is 31.2 Å². The highest BCUT2D eigenvalue weighted by molar-refractivity contribution is 6.32. The van der Waals surface area contributed by atoms with Crippen molar-refractivity contribution in [2.75, 3.05) is 5.32 Å². The number of benzene rings is 2. The zero-order chi connectivity index (χ0) is 17.7. The van der Waals surface area contributed by atoms with Gasteiger partial charge in [0.2, 0.25) is 0 Å². The van der Waals surface area contributed by atoms with Gasteiger partial charge in [-0.1, -0.05) is 35.3 Å². The Balaban J connectivity index is 2.01. The number of ether oxygens (including phenoxy) is 2. The second-order valence-corrected chi connectivity index (χ2v) is 5.52. The van der Waals surface area contributed by atoms with Crippen molar-refractivity contribution in [3.8, 4) is 11.5 Å². The van der Waals surface area contributed by atoms with E-state index in [0.29, 0.717) is 16.5 Å². The first kappa shape index (κ1) is 18.3. The van der Waals surface area contributed by atoms with Gasteiger partial charge in [-0.2, -0.15) is 8.78 Å². The maximum atomic E-state index is 12.2. The average molecular weight is 376 g/mol. The topological polar surface area (TPSA) is 47.6 Å². The number of carbonyl (C=O) groups is 1. The molecule has 0 radical (unpaired) electrons. The molecule has 0 aliphatic rings. The molecule has 0 aromatic heterocycles. The Labute approximate surface area is 147 Å².